The molecule has 0 fully saturated rings. The molecule has 0 saturated carbocycles. The van der Waals surface area contributed by atoms with E-state index in [1.807, 2.05) is 62.4 Å². The minimum Gasteiger partial charge on any atom is -0.507 e. The van der Waals surface area contributed by atoms with Crippen LogP contribution in [-0.2, 0) is 0 Å². The number of aliphatic imine (C=N–C) groups is 1. The minimum absolute atomic E-state index is 0.0968. The van der Waals surface area contributed by atoms with E-state index < -0.39 is 0 Å². The lowest BCUT2D eigenvalue weighted by Crippen LogP contribution is -2.01. The number of azo groups is 1. The fraction of sp³-hybridized carbons (Fsp3) is 0.174. The first kappa shape index (κ1) is 19.5. The van der Waals surface area contributed by atoms with Gasteiger partial charge in [0.25, 0.3) is 0 Å². The van der Waals surface area contributed by atoms with Crippen LogP contribution in [-0.4, -0.2) is 23.0 Å². The summed E-state index contributed by atoms with van der Waals surface area (Å²) in [5, 5.41) is 28.4. The van der Waals surface area contributed by atoms with Crippen LogP contribution in [0.15, 0.2) is 82.0 Å². The van der Waals surface area contributed by atoms with Crippen molar-refractivity contribution in [2.75, 3.05) is 6.61 Å². The molecule has 142 valence electrons. The zero-order valence-electron chi connectivity index (χ0n) is 15.9. The Morgan fingerprint density at radius 2 is 1.61 bits per heavy atom. The van der Waals surface area contributed by atoms with E-state index in [-0.39, 0.29) is 18.4 Å². The summed E-state index contributed by atoms with van der Waals surface area (Å²) >= 11 is 0. The van der Waals surface area contributed by atoms with Crippen molar-refractivity contribution in [1.29, 1.82) is 0 Å². The largest absolute Gasteiger partial charge is 0.507 e. The minimum atomic E-state index is -0.388. The van der Waals surface area contributed by atoms with Crippen LogP contribution >= 0.6 is 0 Å². The van der Waals surface area contributed by atoms with Gasteiger partial charge in [-0.2, -0.15) is 10.2 Å². The monoisotopic (exact) mass is 373 g/mol. The molecule has 0 amide bonds. The van der Waals surface area contributed by atoms with Crippen LogP contribution in [0, 0.1) is 13.8 Å². The first-order valence-corrected chi connectivity index (χ1v) is 9.08. The van der Waals surface area contributed by atoms with Gasteiger partial charge in [-0.15, -0.1) is 0 Å². The fourth-order valence-corrected chi connectivity index (χ4v) is 2.86. The Morgan fingerprint density at radius 1 is 0.893 bits per heavy atom. The highest BCUT2D eigenvalue weighted by molar-refractivity contribution is 5.85. The molecule has 0 aliphatic heterocycles. The third-order valence-electron chi connectivity index (χ3n) is 4.47. The van der Waals surface area contributed by atoms with E-state index in [0.717, 1.165) is 22.4 Å². The lowest BCUT2D eigenvalue weighted by Gasteiger charge is -2.09. The van der Waals surface area contributed by atoms with Crippen LogP contribution in [0.2, 0.25) is 0 Å². The Morgan fingerprint density at radius 3 is 2.29 bits per heavy atom. The predicted octanol–water partition coefficient (Wildman–Crippen LogP) is 5.58. The SMILES string of the molecule is Cc1cccc(C)c1N=Nc1ccc(O)c(C=NC(CO)c2ccccc2)c1. The summed E-state index contributed by atoms with van der Waals surface area (Å²) in [5.74, 6) is 0.0968. The second kappa shape index (κ2) is 9.06. The van der Waals surface area contributed by atoms with Crippen molar-refractivity contribution >= 4 is 17.6 Å². The van der Waals surface area contributed by atoms with E-state index in [4.69, 9.17) is 0 Å². The second-order valence-electron chi connectivity index (χ2n) is 6.57. The second-order valence-corrected chi connectivity index (χ2v) is 6.57. The molecule has 3 aromatic rings. The van der Waals surface area contributed by atoms with Crippen molar-refractivity contribution in [1.82, 2.24) is 0 Å². The lowest BCUT2D eigenvalue weighted by atomic mass is 10.1. The van der Waals surface area contributed by atoms with E-state index in [2.05, 4.69) is 15.2 Å². The molecule has 0 bridgehead atoms. The van der Waals surface area contributed by atoms with Crippen LogP contribution in [0.25, 0.3) is 0 Å². The van der Waals surface area contributed by atoms with Gasteiger partial charge in [0.2, 0.25) is 0 Å². The van der Waals surface area contributed by atoms with Gasteiger partial charge < -0.3 is 10.2 Å². The third kappa shape index (κ3) is 4.69. The van der Waals surface area contributed by atoms with E-state index >= 15 is 0 Å². The maximum absolute atomic E-state index is 10.1. The van der Waals surface area contributed by atoms with Crippen LogP contribution in [0.5, 0.6) is 5.75 Å². The van der Waals surface area contributed by atoms with Gasteiger partial charge in [-0.05, 0) is 48.7 Å². The van der Waals surface area contributed by atoms with Gasteiger partial charge >= 0.3 is 0 Å². The van der Waals surface area contributed by atoms with Gasteiger partial charge in [0, 0.05) is 11.8 Å². The molecule has 2 N–H and O–H groups in total. The molecular formula is C23H23N3O2. The lowest BCUT2D eigenvalue weighted by molar-refractivity contribution is 0.269. The Balaban J connectivity index is 1.84. The van der Waals surface area contributed by atoms with Crippen molar-refractivity contribution in [3.8, 4) is 5.75 Å². The smallest absolute Gasteiger partial charge is 0.124 e. The number of aryl methyl sites for hydroxylation is 2. The molecule has 5 nitrogen and oxygen atoms in total. The van der Waals surface area contributed by atoms with Crippen LogP contribution < -0.4 is 0 Å². The Bertz CT molecular complexity index is 978. The summed E-state index contributed by atoms with van der Waals surface area (Å²) in [6.45, 7) is 3.87. The average Bonchev–Trinajstić information content (AvgIpc) is 2.71. The summed E-state index contributed by atoms with van der Waals surface area (Å²) in [6.07, 6.45) is 1.56. The number of rotatable bonds is 6. The molecule has 0 heterocycles. The van der Waals surface area contributed by atoms with Gasteiger partial charge in [0.05, 0.1) is 24.0 Å². The molecule has 0 saturated heterocycles. The maximum atomic E-state index is 10.1. The summed E-state index contributed by atoms with van der Waals surface area (Å²) < 4.78 is 0. The molecular weight excluding hydrogens is 350 g/mol. The molecule has 28 heavy (non-hydrogen) atoms. The van der Waals surface area contributed by atoms with Crippen molar-refractivity contribution in [3.05, 3.63) is 89.0 Å². The summed E-state index contributed by atoms with van der Waals surface area (Å²) in [6, 6.07) is 20.1. The van der Waals surface area contributed by atoms with Gasteiger partial charge in [-0.25, -0.2) is 0 Å². The molecule has 0 radical (unpaired) electrons. The Labute approximate surface area is 164 Å². The maximum Gasteiger partial charge on any atom is 0.124 e. The summed E-state index contributed by atoms with van der Waals surface area (Å²) in [7, 11) is 0. The highest BCUT2D eigenvalue weighted by Crippen LogP contribution is 2.28. The fourth-order valence-electron chi connectivity index (χ4n) is 2.86. The molecule has 3 aromatic carbocycles. The van der Waals surface area contributed by atoms with Gasteiger partial charge in [-0.1, -0.05) is 48.5 Å². The van der Waals surface area contributed by atoms with E-state index in [1.54, 1.807) is 24.4 Å². The highest BCUT2D eigenvalue weighted by atomic mass is 16.3. The van der Waals surface area contributed by atoms with Crippen LogP contribution in [0.3, 0.4) is 0 Å². The highest BCUT2D eigenvalue weighted by Gasteiger charge is 2.08. The molecule has 0 aliphatic carbocycles. The number of nitrogens with zero attached hydrogens (tertiary/aromatic N) is 3. The Kier molecular flexibility index (Phi) is 6.29. The number of hydrogen-bond donors (Lipinski definition) is 2. The number of aliphatic hydroxyl groups is 1. The topological polar surface area (TPSA) is 77.5 Å². The number of phenolic OH excluding ortho intramolecular Hbond substituents is 1. The number of benzene rings is 3. The Hall–Kier alpha value is -3.31. The van der Waals surface area contributed by atoms with Crippen molar-refractivity contribution in [3.63, 3.8) is 0 Å². The number of aromatic hydroxyl groups is 1. The van der Waals surface area contributed by atoms with Gasteiger partial charge in [0.15, 0.2) is 0 Å². The molecule has 5 heteroatoms. The zero-order chi connectivity index (χ0) is 19.9. The standard InChI is InChI=1S/C23H23N3O2/c1-16-7-6-8-17(2)23(16)26-25-20-11-12-22(28)19(13-20)14-24-21(15-27)18-9-4-3-5-10-18/h3-14,21,27-28H,15H2,1-2H3. The molecule has 0 aliphatic rings. The first-order chi connectivity index (χ1) is 13.6. The summed E-state index contributed by atoms with van der Waals surface area (Å²) in [4.78, 5) is 4.42. The molecule has 1 atom stereocenters. The number of phenols is 1. The third-order valence-corrected chi connectivity index (χ3v) is 4.47. The predicted molar refractivity (Wildman–Crippen MR) is 112 cm³/mol. The van der Waals surface area contributed by atoms with Crippen molar-refractivity contribution in [2.24, 2.45) is 15.2 Å². The van der Waals surface area contributed by atoms with Crippen LogP contribution in [0.4, 0.5) is 11.4 Å². The first-order valence-electron chi connectivity index (χ1n) is 9.08. The van der Waals surface area contributed by atoms with E-state index in [9.17, 15) is 10.2 Å². The average molecular weight is 373 g/mol. The van der Waals surface area contributed by atoms with Gasteiger partial charge in [-0.3, -0.25) is 4.99 Å². The number of aliphatic hydroxyl groups excluding tert-OH is 1. The van der Waals surface area contributed by atoms with E-state index in [0.29, 0.717) is 11.3 Å². The van der Waals surface area contributed by atoms with Crippen LogP contribution in [0.1, 0.15) is 28.3 Å². The van der Waals surface area contributed by atoms with Crippen molar-refractivity contribution in [2.45, 2.75) is 19.9 Å². The molecule has 1 unspecified atom stereocenters. The number of hydrogen-bond acceptors (Lipinski definition) is 5. The van der Waals surface area contributed by atoms with E-state index in [1.165, 1.54) is 0 Å². The zero-order valence-corrected chi connectivity index (χ0v) is 15.9. The molecule has 0 spiro atoms. The summed E-state index contributed by atoms with van der Waals surface area (Å²) in [5.41, 5.74) is 4.99. The van der Waals surface area contributed by atoms with Crippen molar-refractivity contribution < 1.29 is 10.2 Å². The van der Waals surface area contributed by atoms with Gasteiger partial charge in [0.1, 0.15) is 5.75 Å². The molecule has 3 rings (SSSR count). The molecule has 0 aromatic heterocycles. The normalized spacial score (nSPS) is 12.7. The quantitative estimate of drug-likeness (QED) is 0.437.